The molecule has 1 saturated heterocycles. The van der Waals surface area contributed by atoms with Gasteiger partial charge in [0, 0.05) is 18.1 Å². The molecule has 0 aromatic heterocycles. The van der Waals surface area contributed by atoms with E-state index < -0.39 is 11.7 Å². The van der Waals surface area contributed by atoms with Gasteiger partial charge in [-0.25, -0.2) is 0 Å². The Balaban J connectivity index is 2.16. The van der Waals surface area contributed by atoms with E-state index in [1.165, 1.54) is 12.1 Å². The Kier molecular flexibility index (Phi) is 4.49. The summed E-state index contributed by atoms with van der Waals surface area (Å²) in [5, 5.41) is 0. The second kappa shape index (κ2) is 5.97. The number of alkyl halides is 3. The molecule has 0 aliphatic carbocycles. The van der Waals surface area contributed by atoms with Crippen molar-refractivity contribution in [3.63, 3.8) is 0 Å². The molecule has 0 spiro atoms. The molecule has 110 valence electrons. The van der Waals surface area contributed by atoms with Crippen LogP contribution in [-0.2, 0) is 10.9 Å². The predicted molar refractivity (Wildman–Crippen MR) is 71.8 cm³/mol. The van der Waals surface area contributed by atoms with E-state index in [9.17, 15) is 13.2 Å². The molecule has 0 radical (unpaired) electrons. The zero-order chi connectivity index (χ0) is 14.8. The van der Waals surface area contributed by atoms with Gasteiger partial charge in [0.25, 0.3) is 0 Å². The third kappa shape index (κ3) is 3.61. The molecule has 1 atom stereocenters. The van der Waals surface area contributed by atoms with Gasteiger partial charge in [0.15, 0.2) is 0 Å². The average Bonchev–Trinajstić information content (AvgIpc) is 2.88. The fraction of sp³-hybridized carbons (Fsp3) is 0.462. The second-order valence-electron chi connectivity index (χ2n) is 4.61. The first-order valence-electron chi connectivity index (χ1n) is 6.09. The number of ether oxygens (including phenoxy) is 2. The standard InChI is InChI=1S/C13H14F3NO2S/c14-13(15,16)11-5-9(1-2-10(11)12(17)20)19-7-8-3-4-18-6-8/h1-2,5,8H,3-4,6-7H2,(H2,17,20). The fourth-order valence-corrected chi connectivity index (χ4v) is 2.17. The van der Waals surface area contributed by atoms with E-state index >= 15 is 0 Å². The summed E-state index contributed by atoms with van der Waals surface area (Å²) in [6.07, 6.45) is -3.66. The monoisotopic (exact) mass is 305 g/mol. The Labute approximate surface area is 119 Å². The normalized spacial score (nSPS) is 19.1. The molecule has 2 N–H and O–H groups in total. The molecule has 1 fully saturated rings. The molecule has 2 rings (SSSR count). The predicted octanol–water partition coefficient (Wildman–Crippen LogP) is 2.75. The minimum atomic E-state index is -4.52. The van der Waals surface area contributed by atoms with Crippen LogP contribution in [-0.4, -0.2) is 24.8 Å². The summed E-state index contributed by atoms with van der Waals surface area (Å²) in [4.78, 5) is -0.284. The van der Waals surface area contributed by atoms with Crippen LogP contribution in [0.1, 0.15) is 17.5 Å². The molecule has 0 saturated carbocycles. The van der Waals surface area contributed by atoms with E-state index in [-0.39, 0.29) is 22.2 Å². The zero-order valence-corrected chi connectivity index (χ0v) is 11.4. The maximum absolute atomic E-state index is 12.9. The van der Waals surface area contributed by atoms with Crippen molar-refractivity contribution in [3.8, 4) is 5.75 Å². The van der Waals surface area contributed by atoms with E-state index in [0.717, 1.165) is 12.5 Å². The quantitative estimate of drug-likeness (QED) is 0.869. The van der Waals surface area contributed by atoms with Crippen molar-refractivity contribution in [2.75, 3.05) is 19.8 Å². The topological polar surface area (TPSA) is 44.5 Å². The SMILES string of the molecule is NC(=S)c1ccc(OCC2CCOC2)cc1C(F)(F)F. The average molecular weight is 305 g/mol. The Bertz CT molecular complexity index is 499. The van der Waals surface area contributed by atoms with Gasteiger partial charge in [-0.3, -0.25) is 0 Å². The summed E-state index contributed by atoms with van der Waals surface area (Å²) >= 11 is 4.63. The van der Waals surface area contributed by atoms with Crippen molar-refractivity contribution in [1.29, 1.82) is 0 Å². The van der Waals surface area contributed by atoms with E-state index in [1.54, 1.807) is 0 Å². The smallest absolute Gasteiger partial charge is 0.417 e. The number of hydrogen-bond donors (Lipinski definition) is 1. The van der Waals surface area contributed by atoms with Gasteiger partial charge in [0.1, 0.15) is 10.7 Å². The van der Waals surface area contributed by atoms with Crippen molar-refractivity contribution < 1.29 is 22.6 Å². The molecule has 1 aliphatic rings. The third-order valence-corrected chi connectivity index (χ3v) is 3.29. The highest BCUT2D eigenvalue weighted by molar-refractivity contribution is 7.80. The minimum absolute atomic E-state index is 0.157. The highest BCUT2D eigenvalue weighted by Gasteiger charge is 2.34. The van der Waals surface area contributed by atoms with Crippen LogP contribution in [0.3, 0.4) is 0 Å². The minimum Gasteiger partial charge on any atom is -0.493 e. The Morgan fingerprint density at radius 2 is 2.20 bits per heavy atom. The van der Waals surface area contributed by atoms with Gasteiger partial charge >= 0.3 is 6.18 Å². The number of rotatable bonds is 4. The number of nitrogens with two attached hydrogens (primary N) is 1. The van der Waals surface area contributed by atoms with Gasteiger partial charge in [0.2, 0.25) is 0 Å². The maximum atomic E-state index is 12.9. The Morgan fingerprint density at radius 1 is 1.45 bits per heavy atom. The first-order valence-corrected chi connectivity index (χ1v) is 6.50. The number of benzene rings is 1. The van der Waals surface area contributed by atoms with Gasteiger partial charge in [-0.2, -0.15) is 13.2 Å². The van der Waals surface area contributed by atoms with Crippen molar-refractivity contribution in [3.05, 3.63) is 29.3 Å². The lowest BCUT2D eigenvalue weighted by Gasteiger charge is -2.15. The lowest BCUT2D eigenvalue weighted by atomic mass is 10.1. The number of hydrogen-bond acceptors (Lipinski definition) is 3. The van der Waals surface area contributed by atoms with Crippen LogP contribution in [0.15, 0.2) is 18.2 Å². The highest BCUT2D eigenvalue weighted by atomic mass is 32.1. The lowest BCUT2D eigenvalue weighted by molar-refractivity contribution is -0.137. The van der Waals surface area contributed by atoms with Crippen molar-refractivity contribution in [1.82, 2.24) is 0 Å². The fourth-order valence-electron chi connectivity index (χ4n) is 1.99. The van der Waals surface area contributed by atoms with E-state index in [0.29, 0.717) is 19.8 Å². The largest absolute Gasteiger partial charge is 0.493 e. The molecule has 1 aromatic rings. The van der Waals surface area contributed by atoms with Crippen LogP contribution >= 0.6 is 12.2 Å². The van der Waals surface area contributed by atoms with Crippen LogP contribution in [0, 0.1) is 5.92 Å². The zero-order valence-electron chi connectivity index (χ0n) is 10.6. The molecule has 1 unspecified atom stereocenters. The summed E-state index contributed by atoms with van der Waals surface area (Å²) < 4.78 is 49.4. The van der Waals surface area contributed by atoms with Gasteiger partial charge < -0.3 is 15.2 Å². The maximum Gasteiger partial charge on any atom is 0.417 e. The Morgan fingerprint density at radius 3 is 2.75 bits per heavy atom. The van der Waals surface area contributed by atoms with E-state index in [2.05, 4.69) is 12.2 Å². The van der Waals surface area contributed by atoms with Crippen molar-refractivity contribution >= 4 is 17.2 Å². The van der Waals surface area contributed by atoms with Crippen molar-refractivity contribution in [2.45, 2.75) is 12.6 Å². The molecular formula is C13H14F3NO2S. The highest BCUT2D eigenvalue weighted by Crippen LogP contribution is 2.34. The van der Waals surface area contributed by atoms with Crippen molar-refractivity contribution in [2.24, 2.45) is 11.7 Å². The molecular weight excluding hydrogens is 291 g/mol. The number of thiocarbonyl (C=S) groups is 1. The lowest BCUT2D eigenvalue weighted by Crippen LogP contribution is -2.18. The molecule has 0 bridgehead atoms. The third-order valence-electron chi connectivity index (χ3n) is 3.07. The Hall–Kier alpha value is -1.34. The molecule has 1 aromatic carbocycles. The molecule has 1 heterocycles. The van der Waals surface area contributed by atoms with Gasteiger partial charge in [-0.05, 0) is 24.6 Å². The molecule has 0 amide bonds. The summed E-state index contributed by atoms with van der Waals surface area (Å²) in [5.74, 6) is 0.379. The van der Waals surface area contributed by atoms with Crippen LogP contribution in [0.25, 0.3) is 0 Å². The number of halogens is 3. The van der Waals surface area contributed by atoms with E-state index in [1.807, 2.05) is 0 Å². The van der Waals surface area contributed by atoms with Crippen LogP contribution in [0.5, 0.6) is 5.75 Å². The molecule has 3 nitrogen and oxygen atoms in total. The molecule has 1 aliphatic heterocycles. The summed E-state index contributed by atoms with van der Waals surface area (Å²) in [6.45, 7) is 1.59. The van der Waals surface area contributed by atoms with Crippen LogP contribution < -0.4 is 10.5 Å². The molecule has 7 heteroatoms. The summed E-state index contributed by atoms with van der Waals surface area (Å²) in [5.41, 5.74) is 4.25. The van der Waals surface area contributed by atoms with Gasteiger partial charge in [-0.15, -0.1) is 0 Å². The van der Waals surface area contributed by atoms with Gasteiger partial charge in [-0.1, -0.05) is 12.2 Å². The molecule has 20 heavy (non-hydrogen) atoms. The van der Waals surface area contributed by atoms with Crippen LogP contribution in [0.4, 0.5) is 13.2 Å². The van der Waals surface area contributed by atoms with Gasteiger partial charge in [0.05, 0.1) is 18.8 Å². The first kappa shape index (κ1) is 15.1. The second-order valence-corrected chi connectivity index (χ2v) is 5.05. The summed E-state index contributed by atoms with van der Waals surface area (Å²) in [6, 6.07) is 3.62. The first-order chi connectivity index (χ1) is 9.38. The summed E-state index contributed by atoms with van der Waals surface area (Å²) in [7, 11) is 0. The van der Waals surface area contributed by atoms with Crippen LogP contribution in [0.2, 0.25) is 0 Å². The van der Waals surface area contributed by atoms with E-state index in [4.69, 9.17) is 15.2 Å².